The number of hydrogen-bond acceptors (Lipinski definition) is 2. The summed E-state index contributed by atoms with van der Waals surface area (Å²) >= 11 is 1.78. The molecular weight excluding hydrogens is 192 g/mol. The van der Waals surface area contributed by atoms with Gasteiger partial charge in [-0.3, -0.25) is 4.40 Å². The van der Waals surface area contributed by atoms with Crippen LogP contribution in [0.4, 0.5) is 0 Å². The summed E-state index contributed by atoms with van der Waals surface area (Å²) < 4.78 is 2.27. The van der Waals surface area contributed by atoms with E-state index in [1.807, 2.05) is 0 Å². The molecule has 2 heterocycles. The minimum Gasteiger partial charge on any atom is -0.292 e. The zero-order chi connectivity index (χ0) is 10.5. The van der Waals surface area contributed by atoms with Crippen molar-refractivity contribution in [3.05, 3.63) is 22.0 Å². The maximum atomic E-state index is 4.67. The molecule has 0 saturated heterocycles. The van der Waals surface area contributed by atoms with Crippen LogP contribution < -0.4 is 0 Å². The van der Waals surface area contributed by atoms with Gasteiger partial charge in [0, 0.05) is 16.3 Å². The molecule has 0 radical (unpaired) electrons. The fourth-order valence-corrected chi connectivity index (χ4v) is 2.89. The molecule has 0 spiro atoms. The minimum absolute atomic E-state index is 0.516. The van der Waals surface area contributed by atoms with Crippen molar-refractivity contribution >= 4 is 16.3 Å². The lowest BCUT2D eigenvalue weighted by molar-refractivity contribution is 0.819. The van der Waals surface area contributed by atoms with Crippen molar-refractivity contribution in [2.24, 2.45) is 0 Å². The van der Waals surface area contributed by atoms with Crippen molar-refractivity contribution in [2.75, 3.05) is 0 Å². The van der Waals surface area contributed by atoms with E-state index < -0.39 is 0 Å². The van der Waals surface area contributed by atoms with Gasteiger partial charge in [0.25, 0.3) is 0 Å². The van der Waals surface area contributed by atoms with Gasteiger partial charge in [-0.1, -0.05) is 13.8 Å². The predicted molar refractivity (Wildman–Crippen MR) is 61.4 cm³/mol. The second-order valence-electron chi connectivity index (χ2n) is 4.10. The van der Waals surface area contributed by atoms with Crippen LogP contribution in [0, 0.1) is 20.8 Å². The van der Waals surface area contributed by atoms with Crippen molar-refractivity contribution in [1.82, 2.24) is 9.38 Å². The number of hydrogen-bond donors (Lipinski definition) is 0. The summed E-state index contributed by atoms with van der Waals surface area (Å²) in [6, 6.07) is 0. The quantitative estimate of drug-likeness (QED) is 0.701. The number of aryl methyl sites for hydroxylation is 3. The lowest BCUT2D eigenvalue weighted by Crippen LogP contribution is -1.94. The molecule has 3 heteroatoms. The number of thiazole rings is 1. The van der Waals surface area contributed by atoms with Crippen molar-refractivity contribution in [3.63, 3.8) is 0 Å². The Morgan fingerprint density at radius 1 is 1.14 bits per heavy atom. The van der Waals surface area contributed by atoms with Crippen LogP contribution in [0.1, 0.15) is 41.7 Å². The van der Waals surface area contributed by atoms with E-state index in [0.29, 0.717) is 5.92 Å². The Labute approximate surface area is 88.6 Å². The summed E-state index contributed by atoms with van der Waals surface area (Å²) in [6.07, 6.45) is 0. The number of rotatable bonds is 1. The highest BCUT2D eigenvalue weighted by Gasteiger charge is 2.15. The SMILES string of the molecule is Cc1sc2nc(C(C)C)c(C)n2c1C. The molecule has 2 nitrogen and oxygen atoms in total. The summed E-state index contributed by atoms with van der Waals surface area (Å²) in [5.41, 5.74) is 3.87. The van der Waals surface area contributed by atoms with E-state index in [1.165, 1.54) is 22.0 Å². The Bertz CT molecular complexity index is 477. The van der Waals surface area contributed by atoms with E-state index in [1.54, 1.807) is 11.3 Å². The Hall–Kier alpha value is -0.830. The Balaban J connectivity index is 2.77. The maximum Gasteiger partial charge on any atom is 0.194 e. The molecule has 0 aliphatic carbocycles. The van der Waals surface area contributed by atoms with Crippen molar-refractivity contribution in [2.45, 2.75) is 40.5 Å². The minimum atomic E-state index is 0.516. The molecule has 2 aromatic heterocycles. The smallest absolute Gasteiger partial charge is 0.194 e. The van der Waals surface area contributed by atoms with Gasteiger partial charge < -0.3 is 0 Å². The summed E-state index contributed by atoms with van der Waals surface area (Å²) in [7, 11) is 0. The zero-order valence-electron chi connectivity index (χ0n) is 9.38. The van der Waals surface area contributed by atoms with Gasteiger partial charge in [0.05, 0.1) is 5.69 Å². The van der Waals surface area contributed by atoms with Crippen LogP contribution in [0.3, 0.4) is 0 Å². The number of aromatic nitrogens is 2. The summed E-state index contributed by atoms with van der Waals surface area (Å²) in [4.78, 5) is 7.18. The largest absolute Gasteiger partial charge is 0.292 e. The molecule has 0 aliphatic heterocycles. The fraction of sp³-hybridized carbons (Fsp3) is 0.545. The fourth-order valence-electron chi connectivity index (χ4n) is 1.87. The van der Waals surface area contributed by atoms with E-state index >= 15 is 0 Å². The molecule has 0 aromatic carbocycles. The Morgan fingerprint density at radius 3 is 2.29 bits per heavy atom. The molecular formula is C11H16N2S. The number of fused-ring (bicyclic) bond motifs is 1. The van der Waals surface area contributed by atoms with E-state index in [2.05, 4.69) is 44.0 Å². The highest BCUT2D eigenvalue weighted by Crippen LogP contribution is 2.27. The first-order chi connectivity index (χ1) is 6.52. The highest BCUT2D eigenvalue weighted by atomic mass is 32.1. The van der Waals surface area contributed by atoms with E-state index in [4.69, 9.17) is 0 Å². The second-order valence-corrected chi connectivity index (χ2v) is 5.28. The molecule has 0 saturated carbocycles. The van der Waals surface area contributed by atoms with Crippen molar-refractivity contribution in [3.8, 4) is 0 Å². The Kier molecular flexibility index (Phi) is 2.14. The van der Waals surface area contributed by atoms with Gasteiger partial charge in [-0.05, 0) is 26.7 Å². The standard InChI is InChI=1S/C11H16N2S/c1-6(2)10-8(4)13-7(3)9(5)14-11(13)12-10/h6H,1-5H3. The number of imidazole rings is 1. The van der Waals surface area contributed by atoms with Gasteiger partial charge in [0.15, 0.2) is 4.96 Å². The van der Waals surface area contributed by atoms with Crippen LogP contribution in [-0.2, 0) is 0 Å². The first kappa shape index (κ1) is 9.71. The first-order valence-electron chi connectivity index (χ1n) is 4.97. The van der Waals surface area contributed by atoms with Crippen molar-refractivity contribution in [1.29, 1.82) is 0 Å². The van der Waals surface area contributed by atoms with Gasteiger partial charge in [0.1, 0.15) is 0 Å². The van der Waals surface area contributed by atoms with Crippen LogP contribution in [0.5, 0.6) is 0 Å². The lowest BCUT2D eigenvalue weighted by atomic mass is 10.1. The predicted octanol–water partition coefficient (Wildman–Crippen LogP) is 3.44. The monoisotopic (exact) mass is 208 g/mol. The maximum absolute atomic E-state index is 4.67. The van der Waals surface area contributed by atoms with Crippen LogP contribution in [0.25, 0.3) is 4.96 Å². The number of nitrogens with zero attached hydrogens (tertiary/aromatic N) is 2. The first-order valence-corrected chi connectivity index (χ1v) is 5.79. The molecule has 0 N–H and O–H groups in total. The molecule has 0 unspecified atom stereocenters. The third kappa shape index (κ3) is 1.19. The third-order valence-electron chi connectivity index (χ3n) is 2.75. The van der Waals surface area contributed by atoms with E-state index in [0.717, 1.165) is 4.96 Å². The second kappa shape index (κ2) is 3.09. The van der Waals surface area contributed by atoms with Gasteiger partial charge >= 0.3 is 0 Å². The van der Waals surface area contributed by atoms with Gasteiger partial charge in [-0.15, -0.1) is 11.3 Å². The van der Waals surface area contributed by atoms with E-state index in [9.17, 15) is 0 Å². The van der Waals surface area contributed by atoms with Crippen molar-refractivity contribution < 1.29 is 0 Å². The molecule has 0 fully saturated rings. The highest BCUT2D eigenvalue weighted by molar-refractivity contribution is 7.17. The van der Waals surface area contributed by atoms with Crippen LogP contribution in [0.2, 0.25) is 0 Å². The summed E-state index contributed by atoms with van der Waals surface area (Å²) in [5.74, 6) is 0.516. The average Bonchev–Trinajstić information content (AvgIpc) is 2.54. The Morgan fingerprint density at radius 2 is 1.79 bits per heavy atom. The lowest BCUT2D eigenvalue weighted by Gasteiger charge is -2.02. The normalized spacial score (nSPS) is 11.9. The summed E-state index contributed by atoms with van der Waals surface area (Å²) in [6.45, 7) is 10.9. The van der Waals surface area contributed by atoms with Crippen LogP contribution in [0.15, 0.2) is 0 Å². The molecule has 76 valence electrons. The topological polar surface area (TPSA) is 17.3 Å². The molecule has 0 amide bonds. The molecule has 0 bridgehead atoms. The van der Waals surface area contributed by atoms with Gasteiger partial charge in [-0.25, -0.2) is 4.98 Å². The van der Waals surface area contributed by atoms with Gasteiger partial charge in [0.2, 0.25) is 0 Å². The van der Waals surface area contributed by atoms with Crippen LogP contribution in [-0.4, -0.2) is 9.38 Å². The van der Waals surface area contributed by atoms with E-state index in [-0.39, 0.29) is 0 Å². The zero-order valence-corrected chi connectivity index (χ0v) is 10.2. The molecule has 0 aliphatic rings. The van der Waals surface area contributed by atoms with Crippen LogP contribution >= 0.6 is 11.3 Å². The molecule has 2 rings (SSSR count). The average molecular weight is 208 g/mol. The third-order valence-corrected chi connectivity index (χ3v) is 3.81. The summed E-state index contributed by atoms with van der Waals surface area (Å²) in [5, 5.41) is 0. The molecule has 2 aromatic rings. The molecule has 14 heavy (non-hydrogen) atoms. The van der Waals surface area contributed by atoms with Gasteiger partial charge in [-0.2, -0.15) is 0 Å². The molecule has 0 atom stereocenters.